The van der Waals surface area contributed by atoms with Crippen molar-refractivity contribution in [3.05, 3.63) is 53.9 Å². The molecule has 0 radical (unpaired) electrons. The standard InChI is InChI=1S/C15H18N2O/c1-3-13(12-8-6-5-7-9-12)15(18)14-10-11-16-17(14)4-2/h5-11,13H,3-4H2,1-2H3. The van der Waals surface area contributed by atoms with Gasteiger partial charge in [-0.3, -0.25) is 9.48 Å². The van der Waals surface area contributed by atoms with Crippen LogP contribution in [0.3, 0.4) is 0 Å². The molecule has 1 heterocycles. The minimum Gasteiger partial charge on any atom is -0.292 e. The van der Waals surface area contributed by atoms with Crippen LogP contribution in [0.25, 0.3) is 0 Å². The van der Waals surface area contributed by atoms with Crippen LogP contribution >= 0.6 is 0 Å². The molecular weight excluding hydrogens is 224 g/mol. The van der Waals surface area contributed by atoms with Crippen LogP contribution in [0.4, 0.5) is 0 Å². The Morgan fingerprint density at radius 2 is 1.94 bits per heavy atom. The molecule has 3 nitrogen and oxygen atoms in total. The second-order valence-electron chi connectivity index (χ2n) is 4.27. The van der Waals surface area contributed by atoms with E-state index in [-0.39, 0.29) is 11.7 Å². The second kappa shape index (κ2) is 5.63. The van der Waals surface area contributed by atoms with Crippen molar-refractivity contribution in [3.8, 4) is 0 Å². The smallest absolute Gasteiger partial charge is 0.188 e. The first-order chi connectivity index (χ1) is 8.77. The Labute approximate surface area is 107 Å². The van der Waals surface area contributed by atoms with Gasteiger partial charge in [-0.15, -0.1) is 0 Å². The quantitative estimate of drug-likeness (QED) is 0.754. The third-order valence-corrected chi connectivity index (χ3v) is 3.20. The molecule has 2 rings (SSSR count). The summed E-state index contributed by atoms with van der Waals surface area (Å²) in [5.41, 5.74) is 1.78. The predicted octanol–water partition coefficient (Wildman–Crippen LogP) is 3.28. The maximum Gasteiger partial charge on any atom is 0.188 e. The zero-order chi connectivity index (χ0) is 13.0. The maximum absolute atomic E-state index is 12.6. The monoisotopic (exact) mass is 242 g/mol. The van der Waals surface area contributed by atoms with Crippen molar-refractivity contribution < 1.29 is 4.79 Å². The maximum atomic E-state index is 12.6. The molecule has 0 spiro atoms. The molecular formula is C15H18N2O. The van der Waals surface area contributed by atoms with E-state index in [4.69, 9.17) is 0 Å². The van der Waals surface area contributed by atoms with Gasteiger partial charge < -0.3 is 0 Å². The van der Waals surface area contributed by atoms with Crippen LogP contribution in [0.2, 0.25) is 0 Å². The van der Waals surface area contributed by atoms with Crippen LogP contribution < -0.4 is 0 Å². The normalized spacial score (nSPS) is 12.3. The van der Waals surface area contributed by atoms with E-state index < -0.39 is 0 Å². The fourth-order valence-corrected chi connectivity index (χ4v) is 2.23. The van der Waals surface area contributed by atoms with Gasteiger partial charge in [0.2, 0.25) is 0 Å². The van der Waals surface area contributed by atoms with Gasteiger partial charge in [0.15, 0.2) is 5.78 Å². The van der Waals surface area contributed by atoms with E-state index >= 15 is 0 Å². The van der Waals surface area contributed by atoms with Gasteiger partial charge in [-0.25, -0.2) is 0 Å². The number of carbonyl (C=O) groups is 1. The Morgan fingerprint density at radius 1 is 1.22 bits per heavy atom. The summed E-state index contributed by atoms with van der Waals surface area (Å²) in [5.74, 6) is 0.0799. The van der Waals surface area contributed by atoms with E-state index in [9.17, 15) is 4.79 Å². The minimum absolute atomic E-state index is 0.0757. The molecule has 3 heteroatoms. The van der Waals surface area contributed by atoms with Crippen molar-refractivity contribution in [2.45, 2.75) is 32.7 Å². The lowest BCUT2D eigenvalue weighted by Crippen LogP contribution is -2.17. The van der Waals surface area contributed by atoms with Crippen LogP contribution in [-0.2, 0) is 6.54 Å². The van der Waals surface area contributed by atoms with E-state index in [0.717, 1.165) is 18.5 Å². The summed E-state index contributed by atoms with van der Waals surface area (Å²) in [6, 6.07) is 11.7. The SMILES string of the molecule is CCC(C(=O)c1ccnn1CC)c1ccccc1. The van der Waals surface area contributed by atoms with Crippen LogP contribution in [0, 0.1) is 0 Å². The Kier molecular flexibility index (Phi) is 3.92. The molecule has 18 heavy (non-hydrogen) atoms. The molecule has 0 fully saturated rings. The number of benzene rings is 1. The summed E-state index contributed by atoms with van der Waals surface area (Å²) in [4.78, 5) is 12.6. The molecule has 0 aliphatic carbocycles. The Hall–Kier alpha value is -1.90. The van der Waals surface area contributed by atoms with E-state index in [1.807, 2.05) is 44.2 Å². The number of rotatable bonds is 5. The average Bonchev–Trinajstić information content (AvgIpc) is 2.89. The van der Waals surface area contributed by atoms with Gasteiger partial charge >= 0.3 is 0 Å². The van der Waals surface area contributed by atoms with Crippen LogP contribution in [0.15, 0.2) is 42.6 Å². The van der Waals surface area contributed by atoms with E-state index in [1.54, 1.807) is 16.9 Å². The molecule has 1 atom stereocenters. The number of Topliss-reactive ketones (excluding diaryl/α,β-unsaturated/α-hetero) is 1. The van der Waals surface area contributed by atoms with Crippen LogP contribution in [0.1, 0.15) is 42.2 Å². The summed E-state index contributed by atoms with van der Waals surface area (Å²) in [5, 5.41) is 4.16. The fraction of sp³-hybridized carbons (Fsp3) is 0.333. The lowest BCUT2D eigenvalue weighted by Gasteiger charge is -2.14. The number of carbonyl (C=O) groups excluding carboxylic acids is 1. The number of aromatic nitrogens is 2. The Balaban J connectivity index is 2.32. The topological polar surface area (TPSA) is 34.9 Å². The molecule has 0 aliphatic heterocycles. The van der Waals surface area contributed by atoms with E-state index in [2.05, 4.69) is 5.10 Å². The number of hydrogen-bond donors (Lipinski definition) is 0. The van der Waals surface area contributed by atoms with Crippen molar-refractivity contribution in [1.29, 1.82) is 0 Å². The van der Waals surface area contributed by atoms with E-state index in [0.29, 0.717) is 5.69 Å². The number of ketones is 1. The zero-order valence-electron chi connectivity index (χ0n) is 10.8. The van der Waals surface area contributed by atoms with Crippen molar-refractivity contribution in [3.63, 3.8) is 0 Å². The van der Waals surface area contributed by atoms with Gasteiger partial charge in [-0.1, -0.05) is 37.3 Å². The summed E-state index contributed by atoms with van der Waals surface area (Å²) in [7, 11) is 0. The Morgan fingerprint density at radius 3 is 2.56 bits per heavy atom. The molecule has 0 saturated carbocycles. The first kappa shape index (κ1) is 12.6. The predicted molar refractivity (Wildman–Crippen MR) is 71.7 cm³/mol. The molecule has 1 aromatic carbocycles. The lowest BCUT2D eigenvalue weighted by molar-refractivity contribution is 0.0946. The number of nitrogens with zero attached hydrogens (tertiary/aromatic N) is 2. The second-order valence-corrected chi connectivity index (χ2v) is 4.27. The van der Waals surface area contributed by atoms with Gasteiger partial charge in [-0.2, -0.15) is 5.10 Å². The number of hydrogen-bond acceptors (Lipinski definition) is 2. The van der Waals surface area contributed by atoms with Gasteiger partial charge in [0, 0.05) is 18.7 Å². The summed E-state index contributed by atoms with van der Waals surface area (Å²) in [6.45, 7) is 4.76. The van der Waals surface area contributed by atoms with Crippen LogP contribution in [0.5, 0.6) is 0 Å². The van der Waals surface area contributed by atoms with Crippen molar-refractivity contribution in [1.82, 2.24) is 9.78 Å². The first-order valence-corrected chi connectivity index (χ1v) is 6.38. The molecule has 0 amide bonds. The summed E-state index contributed by atoms with van der Waals surface area (Å²) >= 11 is 0. The summed E-state index contributed by atoms with van der Waals surface area (Å²) < 4.78 is 1.76. The fourth-order valence-electron chi connectivity index (χ4n) is 2.23. The van der Waals surface area contributed by atoms with Gasteiger partial charge in [0.05, 0.1) is 0 Å². The lowest BCUT2D eigenvalue weighted by atomic mass is 9.91. The van der Waals surface area contributed by atoms with Gasteiger partial charge in [0.1, 0.15) is 5.69 Å². The highest BCUT2D eigenvalue weighted by molar-refractivity contribution is 5.99. The van der Waals surface area contributed by atoms with Crippen molar-refractivity contribution >= 4 is 5.78 Å². The highest BCUT2D eigenvalue weighted by Crippen LogP contribution is 2.23. The molecule has 94 valence electrons. The molecule has 1 unspecified atom stereocenters. The summed E-state index contributed by atoms with van der Waals surface area (Å²) in [6.07, 6.45) is 2.49. The van der Waals surface area contributed by atoms with Crippen LogP contribution in [-0.4, -0.2) is 15.6 Å². The minimum atomic E-state index is -0.0757. The molecule has 0 bridgehead atoms. The van der Waals surface area contributed by atoms with Crippen molar-refractivity contribution in [2.24, 2.45) is 0 Å². The molecule has 0 aliphatic rings. The third-order valence-electron chi connectivity index (χ3n) is 3.20. The Bertz CT molecular complexity index is 516. The van der Waals surface area contributed by atoms with Gasteiger partial charge in [0.25, 0.3) is 0 Å². The first-order valence-electron chi connectivity index (χ1n) is 6.38. The van der Waals surface area contributed by atoms with Crippen molar-refractivity contribution in [2.75, 3.05) is 0 Å². The molecule has 0 N–H and O–H groups in total. The molecule has 1 aromatic heterocycles. The third kappa shape index (κ3) is 2.35. The highest BCUT2D eigenvalue weighted by atomic mass is 16.1. The van der Waals surface area contributed by atoms with Gasteiger partial charge in [-0.05, 0) is 25.0 Å². The molecule has 0 saturated heterocycles. The van der Waals surface area contributed by atoms with E-state index in [1.165, 1.54) is 0 Å². The highest BCUT2D eigenvalue weighted by Gasteiger charge is 2.22. The largest absolute Gasteiger partial charge is 0.292 e. The zero-order valence-corrected chi connectivity index (χ0v) is 10.8. The molecule has 2 aromatic rings. The number of aryl methyl sites for hydroxylation is 1. The average molecular weight is 242 g/mol.